The van der Waals surface area contributed by atoms with Crippen LogP contribution in [0.5, 0.6) is 17.2 Å². The van der Waals surface area contributed by atoms with Crippen LogP contribution in [-0.4, -0.2) is 55.2 Å². The van der Waals surface area contributed by atoms with E-state index in [9.17, 15) is 9.90 Å². The SMILES string of the molecule is COc1cc(C=O)cc(OC)c1O.[NaH]. The summed E-state index contributed by atoms with van der Waals surface area (Å²) >= 11 is 0. The monoisotopic (exact) mass is 206 g/mol. The number of ether oxygens (including phenoxy) is 2. The number of carbonyl (C=O) groups is 1. The third-order valence-corrected chi connectivity index (χ3v) is 1.64. The van der Waals surface area contributed by atoms with Gasteiger partial charge >= 0.3 is 29.6 Å². The molecule has 1 N–H and O–H groups in total. The second-order valence-electron chi connectivity index (χ2n) is 2.39. The van der Waals surface area contributed by atoms with Crippen molar-refractivity contribution in [3.63, 3.8) is 0 Å². The summed E-state index contributed by atoms with van der Waals surface area (Å²) in [7, 11) is 2.81. The summed E-state index contributed by atoms with van der Waals surface area (Å²) in [6, 6.07) is 2.87. The molecule has 1 aromatic carbocycles. The molecule has 0 bridgehead atoms. The molecule has 0 aliphatic rings. The van der Waals surface area contributed by atoms with Gasteiger partial charge in [-0.1, -0.05) is 0 Å². The molecule has 0 aromatic heterocycles. The first-order valence-electron chi connectivity index (χ1n) is 3.63. The van der Waals surface area contributed by atoms with E-state index in [1.54, 1.807) is 0 Å². The van der Waals surface area contributed by atoms with Crippen molar-refractivity contribution in [3.8, 4) is 17.2 Å². The normalized spacial score (nSPS) is 8.71. The minimum atomic E-state index is -0.101. The Balaban J connectivity index is 0.00000169. The second-order valence-corrected chi connectivity index (χ2v) is 2.39. The predicted octanol–water partition coefficient (Wildman–Crippen LogP) is 0.573. The average molecular weight is 206 g/mol. The third-order valence-electron chi connectivity index (χ3n) is 1.64. The van der Waals surface area contributed by atoms with Crippen molar-refractivity contribution in [1.82, 2.24) is 0 Å². The summed E-state index contributed by atoms with van der Waals surface area (Å²) in [5.74, 6) is 0.346. The molecule has 0 amide bonds. The van der Waals surface area contributed by atoms with Gasteiger partial charge in [-0.3, -0.25) is 4.79 Å². The molecule has 0 heterocycles. The van der Waals surface area contributed by atoms with E-state index in [1.807, 2.05) is 0 Å². The first kappa shape index (κ1) is 13.3. The molecule has 0 aliphatic heterocycles. The maximum absolute atomic E-state index is 10.5. The molecule has 0 atom stereocenters. The van der Waals surface area contributed by atoms with E-state index in [1.165, 1.54) is 26.4 Å². The molecule has 14 heavy (non-hydrogen) atoms. The standard InChI is InChI=1S/C9H10O4.Na.H/c1-12-7-3-6(5-10)4-8(13-2)9(7)11;;/h3-5,11H,1-2H3;;. The van der Waals surface area contributed by atoms with Gasteiger partial charge in [-0.25, -0.2) is 0 Å². The minimum absolute atomic E-state index is 0. The molecule has 5 heteroatoms. The van der Waals surface area contributed by atoms with Crippen molar-refractivity contribution in [1.29, 1.82) is 0 Å². The summed E-state index contributed by atoms with van der Waals surface area (Å²) in [6.07, 6.45) is 0.657. The Labute approximate surface area is 104 Å². The Morgan fingerprint density at radius 3 is 1.93 bits per heavy atom. The molecule has 4 nitrogen and oxygen atoms in total. The van der Waals surface area contributed by atoms with Crippen molar-refractivity contribution in [2.45, 2.75) is 0 Å². The molecule has 0 spiro atoms. The van der Waals surface area contributed by atoms with Gasteiger partial charge < -0.3 is 14.6 Å². The van der Waals surface area contributed by atoms with Crippen LogP contribution in [0, 0.1) is 0 Å². The van der Waals surface area contributed by atoms with Crippen molar-refractivity contribution in [3.05, 3.63) is 17.7 Å². The number of carbonyl (C=O) groups excluding carboxylic acids is 1. The summed E-state index contributed by atoms with van der Waals surface area (Å²) in [5, 5.41) is 9.44. The summed E-state index contributed by atoms with van der Waals surface area (Å²) in [5.41, 5.74) is 0.395. The fourth-order valence-electron chi connectivity index (χ4n) is 0.982. The Morgan fingerprint density at radius 2 is 1.64 bits per heavy atom. The zero-order valence-corrected chi connectivity index (χ0v) is 7.40. The number of hydrogen-bond acceptors (Lipinski definition) is 4. The molecular weight excluding hydrogens is 195 g/mol. The van der Waals surface area contributed by atoms with E-state index in [0.717, 1.165) is 0 Å². The number of methoxy groups -OCH3 is 2. The van der Waals surface area contributed by atoms with Crippen LogP contribution in [0.4, 0.5) is 0 Å². The van der Waals surface area contributed by atoms with Gasteiger partial charge in [-0.2, -0.15) is 0 Å². The molecule has 1 aromatic rings. The fraction of sp³-hybridized carbons (Fsp3) is 0.222. The van der Waals surface area contributed by atoms with E-state index in [4.69, 9.17) is 9.47 Å². The van der Waals surface area contributed by atoms with Crippen molar-refractivity contribution < 1.29 is 19.4 Å². The van der Waals surface area contributed by atoms with Gasteiger partial charge in [-0.05, 0) is 12.1 Å². The van der Waals surface area contributed by atoms with Crippen molar-refractivity contribution in [2.75, 3.05) is 14.2 Å². The van der Waals surface area contributed by atoms with Gasteiger partial charge in [0.1, 0.15) is 6.29 Å². The van der Waals surface area contributed by atoms with Crippen molar-refractivity contribution in [2.24, 2.45) is 0 Å². The Kier molecular flexibility index (Phi) is 5.60. The van der Waals surface area contributed by atoms with E-state index >= 15 is 0 Å². The number of phenolic OH excluding ortho intramolecular Hbond substituents is 1. The molecule has 0 fully saturated rings. The molecule has 0 saturated heterocycles. The molecular formula is C9H11NaO4. The van der Waals surface area contributed by atoms with E-state index < -0.39 is 0 Å². The molecule has 0 saturated carbocycles. The molecule has 0 radical (unpaired) electrons. The number of aromatic hydroxyl groups is 1. The molecule has 1 rings (SSSR count). The first-order chi connectivity index (χ1) is 6.22. The van der Waals surface area contributed by atoms with Gasteiger partial charge in [-0.15, -0.1) is 0 Å². The number of phenols is 1. The zero-order valence-electron chi connectivity index (χ0n) is 7.40. The molecule has 72 valence electrons. The van der Waals surface area contributed by atoms with Gasteiger partial charge in [0.05, 0.1) is 14.2 Å². The van der Waals surface area contributed by atoms with Crippen LogP contribution >= 0.6 is 0 Å². The van der Waals surface area contributed by atoms with Gasteiger partial charge in [0, 0.05) is 5.56 Å². The number of aldehydes is 1. The van der Waals surface area contributed by atoms with Crippen LogP contribution < -0.4 is 9.47 Å². The van der Waals surface area contributed by atoms with Crippen LogP contribution in [0.15, 0.2) is 12.1 Å². The number of rotatable bonds is 3. The maximum atomic E-state index is 10.5. The number of benzene rings is 1. The summed E-state index contributed by atoms with van der Waals surface area (Å²) in [4.78, 5) is 10.5. The topological polar surface area (TPSA) is 55.8 Å². The van der Waals surface area contributed by atoms with E-state index in [-0.39, 0.29) is 46.8 Å². The van der Waals surface area contributed by atoms with Crippen LogP contribution in [0.1, 0.15) is 10.4 Å². The Bertz CT molecular complexity index is 300. The van der Waals surface area contributed by atoms with Gasteiger partial charge in [0.25, 0.3) is 0 Å². The third kappa shape index (κ3) is 2.64. The van der Waals surface area contributed by atoms with Crippen LogP contribution in [0.3, 0.4) is 0 Å². The van der Waals surface area contributed by atoms with Crippen LogP contribution in [0.2, 0.25) is 0 Å². The first-order valence-corrected chi connectivity index (χ1v) is 3.63. The summed E-state index contributed by atoms with van der Waals surface area (Å²) in [6.45, 7) is 0. The van der Waals surface area contributed by atoms with Crippen molar-refractivity contribution >= 4 is 35.8 Å². The molecule has 0 unspecified atom stereocenters. The van der Waals surface area contributed by atoms with E-state index in [2.05, 4.69) is 0 Å². The Morgan fingerprint density at radius 1 is 1.21 bits per heavy atom. The van der Waals surface area contributed by atoms with Gasteiger partial charge in [0.2, 0.25) is 5.75 Å². The van der Waals surface area contributed by atoms with Crippen LogP contribution in [0.25, 0.3) is 0 Å². The summed E-state index contributed by atoms with van der Waals surface area (Å²) < 4.78 is 9.68. The predicted molar refractivity (Wildman–Crippen MR) is 53.7 cm³/mol. The van der Waals surface area contributed by atoms with Crippen LogP contribution in [-0.2, 0) is 0 Å². The zero-order chi connectivity index (χ0) is 9.84. The van der Waals surface area contributed by atoms with Gasteiger partial charge in [0.15, 0.2) is 11.5 Å². The quantitative estimate of drug-likeness (QED) is 0.580. The van der Waals surface area contributed by atoms with E-state index in [0.29, 0.717) is 11.8 Å². The average Bonchev–Trinajstić information content (AvgIpc) is 2.18. The Hall–Kier alpha value is -0.710. The molecule has 0 aliphatic carbocycles. The second kappa shape index (κ2) is 5.90. The number of hydrogen-bond donors (Lipinski definition) is 1. The fourth-order valence-corrected chi connectivity index (χ4v) is 0.982.